The number of carbonyl (C=O) groups excluding carboxylic acids is 2. The zero-order chi connectivity index (χ0) is 45.3. The van der Waals surface area contributed by atoms with Crippen molar-refractivity contribution in [2.24, 2.45) is 5.92 Å². The van der Waals surface area contributed by atoms with Gasteiger partial charge in [0, 0.05) is 110 Å². The predicted molar refractivity (Wildman–Crippen MR) is 251 cm³/mol. The Morgan fingerprint density at radius 1 is 1.02 bits per heavy atom. The molecule has 15 heteroatoms. The minimum atomic E-state index is -0.518. The van der Waals surface area contributed by atoms with Crippen molar-refractivity contribution in [3.8, 4) is 11.3 Å². The van der Waals surface area contributed by atoms with Crippen LogP contribution in [0.4, 0.5) is 21.5 Å². The minimum Gasteiger partial charge on any atom is -0.374 e. The van der Waals surface area contributed by atoms with Crippen molar-refractivity contribution in [1.82, 2.24) is 40.6 Å². The van der Waals surface area contributed by atoms with Crippen LogP contribution in [-0.4, -0.2) is 102 Å². The first-order chi connectivity index (χ1) is 30.7. The Morgan fingerprint density at radius 2 is 1.73 bits per heavy atom. The van der Waals surface area contributed by atoms with Gasteiger partial charge in [-0.2, -0.15) is 4.98 Å². The molecule has 0 spiro atoms. The third-order valence-electron chi connectivity index (χ3n) is 13.0. The van der Waals surface area contributed by atoms with Crippen LogP contribution in [0.1, 0.15) is 86.2 Å². The third kappa shape index (κ3) is 9.30. The molecule has 2 saturated heterocycles. The Morgan fingerprint density at radius 3 is 2.44 bits per heavy atom. The highest BCUT2D eigenvalue weighted by molar-refractivity contribution is 6.12. The van der Waals surface area contributed by atoms with Crippen LogP contribution in [-0.2, 0) is 10.2 Å². The summed E-state index contributed by atoms with van der Waals surface area (Å²) in [5.74, 6) is 0.0835. The number of piperidine rings is 1. The number of aromatic amines is 1. The van der Waals surface area contributed by atoms with Crippen LogP contribution in [0.3, 0.4) is 0 Å². The molecule has 2 aliphatic heterocycles. The van der Waals surface area contributed by atoms with E-state index in [9.17, 15) is 9.59 Å². The van der Waals surface area contributed by atoms with E-state index in [1.54, 1.807) is 19.9 Å². The maximum atomic E-state index is 16.4. The number of aryl methyl sites for hydroxylation is 1. The van der Waals surface area contributed by atoms with Gasteiger partial charge in [-0.1, -0.05) is 44.6 Å². The number of hydrogen-bond donors (Lipinski definition) is 3. The highest BCUT2D eigenvalue weighted by atomic mass is 19.1. The molecule has 2 fully saturated rings. The first kappa shape index (κ1) is 44.3. The van der Waals surface area contributed by atoms with Crippen LogP contribution in [0.25, 0.3) is 33.2 Å². The maximum absolute atomic E-state index is 16.4. The van der Waals surface area contributed by atoms with E-state index in [0.29, 0.717) is 52.7 Å². The van der Waals surface area contributed by atoms with Crippen molar-refractivity contribution in [3.05, 3.63) is 101 Å². The van der Waals surface area contributed by atoms with E-state index >= 15 is 4.39 Å². The number of nitrogens with zero attached hydrogens (tertiary/aromatic N) is 8. The number of aromatic nitrogens is 5. The quantitative estimate of drug-likeness (QED) is 0.0920. The van der Waals surface area contributed by atoms with Crippen molar-refractivity contribution >= 4 is 51.3 Å². The van der Waals surface area contributed by atoms with Crippen LogP contribution in [0.2, 0.25) is 0 Å². The molecule has 336 valence electrons. The summed E-state index contributed by atoms with van der Waals surface area (Å²) >= 11 is 0. The summed E-state index contributed by atoms with van der Waals surface area (Å²) in [6, 6.07) is 16.2. The standard InChI is InChI=1S/C49H60FN11O3/c1-30-25-35(10-14-41(30)58(8)18-15-31(2)53-29-62)60-19-16-34(17-20-60)27-59-21-23-61(24-22-59)36-9-11-38-40(26-36)55-45-42(38)44(51-28-52-45)39-13-12-37(32(3)43(39)50)33(4)54-47(63)46-56-48(64-57-46)49(5,6)7/h9-14,25-26,28-29,33-34H,2,15-24,27H2,1,3-8H3,(H,53,62)(H,54,63)(H,51,52,55). The summed E-state index contributed by atoms with van der Waals surface area (Å²) in [7, 11) is 2.08. The lowest BCUT2D eigenvalue weighted by molar-refractivity contribution is -0.109. The van der Waals surface area contributed by atoms with Gasteiger partial charge in [0.1, 0.15) is 17.8 Å². The largest absolute Gasteiger partial charge is 0.374 e. The van der Waals surface area contributed by atoms with E-state index < -0.39 is 23.2 Å². The Balaban J connectivity index is 0.868. The molecule has 64 heavy (non-hydrogen) atoms. The van der Waals surface area contributed by atoms with Gasteiger partial charge in [0.2, 0.25) is 12.3 Å². The minimum absolute atomic E-state index is 0.0620. The lowest BCUT2D eigenvalue weighted by Crippen LogP contribution is -2.49. The van der Waals surface area contributed by atoms with Gasteiger partial charge >= 0.3 is 0 Å². The molecular weight excluding hydrogens is 810 g/mol. The van der Waals surface area contributed by atoms with E-state index in [1.165, 1.54) is 36.1 Å². The molecule has 3 aromatic carbocycles. The Bertz CT molecular complexity index is 2670. The Kier molecular flexibility index (Phi) is 12.7. The summed E-state index contributed by atoms with van der Waals surface area (Å²) < 4.78 is 21.7. The van der Waals surface area contributed by atoms with Crippen LogP contribution in [0, 0.1) is 25.6 Å². The molecule has 14 nitrogen and oxygen atoms in total. The van der Waals surface area contributed by atoms with Gasteiger partial charge in [0.25, 0.3) is 11.7 Å². The van der Waals surface area contributed by atoms with E-state index in [0.717, 1.165) is 80.0 Å². The van der Waals surface area contributed by atoms with E-state index in [-0.39, 0.29) is 5.82 Å². The van der Waals surface area contributed by atoms with Crippen LogP contribution < -0.4 is 25.3 Å². The molecule has 2 amide bonds. The van der Waals surface area contributed by atoms with Gasteiger partial charge in [0.15, 0.2) is 0 Å². The van der Waals surface area contributed by atoms with Crippen LogP contribution in [0.5, 0.6) is 0 Å². The van der Waals surface area contributed by atoms with Gasteiger partial charge in [-0.25, -0.2) is 14.4 Å². The van der Waals surface area contributed by atoms with Gasteiger partial charge in [-0.05, 0) is 92.6 Å². The normalized spacial score (nSPS) is 15.8. The zero-order valence-corrected chi connectivity index (χ0v) is 38.1. The SMILES string of the molecule is C=C(CCN(C)c1ccc(N2CCC(CN3CCN(c4ccc5c(c4)[nH]c4ncnc(-c6ccc(C(C)NC(=O)c7noc(C(C)(C)C)n7)c(C)c6F)c45)CC3)CC2)cc1C)NC=O. The molecule has 0 radical (unpaired) electrons. The second-order valence-electron chi connectivity index (χ2n) is 18.5. The van der Waals surface area contributed by atoms with E-state index in [1.807, 2.05) is 26.8 Å². The number of carbonyl (C=O) groups is 2. The molecule has 1 unspecified atom stereocenters. The second-order valence-corrected chi connectivity index (χ2v) is 18.5. The summed E-state index contributed by atoms with van der Waals surface area (Å²) in [6.45, 7) is 23.3. The maximum Gasteiger partial charge on any atom is 0.293 e. The fourth-order valence-corrected chi connectivity index (χ4v) is 9.20. The first-order valence-corrected chi connectivity index (χ1v) is 22.3. The van der Waals surface area contributed by atoms with Gasteiger partial charge in [-0.3, -0.25) is 14.5 Å². The monoisotopic (exact) mass is 869 g/mol. The van der Waals surface area contributed by atoms with Crippen molar-refractivity contribution in [1.29, 1.82) is 0 Å². The highest BCUT2D eigenvalue weighted by Crippen LogP contribution is 2.37. The van der Waals surface area contributed by atoms with Crippen LogP contribution >= 0.6 is 0 Å². The van der Waals surface area contributed by atoms with Crippen molar-refractivity contribution in [2.75, 3.05) is 74.1 Å². The highest BCUT2D eigenvalue weighted by Gasteiger charge is 2.28. The Hall–Kier alpha value is -6.35. The van der Waals surface area contributed by atoms with E-state index in [2.05, 4.69) is 112 Å². The number of rotatable bonds is 14. The fraction of sp³-hybridized carbons (Fsp3) is 0.429. The molecule has 0 aliphatic carbocycles. The number of hydrogen-bond acceptors (Lipinski definition) is 11. The number of benzene rings is 3. The summed E-state index contributed by atoms with van der Waals surface area (Å²) in [6.07, 6.45) is 5.21. The average Bonchev–Trinajstić information content (AvgIpc) is 3.94. The number of anilines is 3. The van der Waals surface area contributed by atoms with Crippen molar-refractivity contribution in [2.45, 2.75) is 72.3 Å². The average molecular weight is 870 g/mol. The molecule has 3 N–H and O–H groups in total. The fourth-order valence-electron chi connectivity index (χ4n) is 9.20. The summed E-state index contributed by atoms with van der Waals surface area (Å²) in [5.41, 5.74) is 8.70. The number of H-pyrrole nitrogens is 1. The first-order valence-electron chi connectivity index (χ1n) is 22.3. The molecule has 3 aromatic heterocycles. The lowest BCUT2D eigenvalue weighted by Gasteiger charge is -2.40. The van der Waals surface area contributed by atoms with Crippen molar-refractivity contribution < 1.29 is 18.5 Å². The van der Waals surface area contributed by atoms with E-state index in [4.69, 9.17) is 4.52 Å². The summed E-state index contributed by atoms with van der Waals surface area (Å²) in [4.78, 5) is 50.4. The summed E-state index contributed by atoms with van der Waals surface area (Å²) in [5, 5.41) is 11.1. The number of piperazine rings is 1. The zero-order valence-electron chi connectivity index (χ0n) is 38.1. The predicted octanol–water partition coefficient (Wildman–Crippen LogP) is 7.83. The number of amides is 2. The molecule has 0 saturated carbocycles. The molecule has 0 bridgehead atoms. The molecule has 6 aromatic rings. The molecule has 1 atom stereocenters. The molecule has 2 aliphatic rings. The lowest BCUT2D eigenvalue weighted by atomic mass is 9.95. The van der Waals surface area contributed by atoms with Gasteiger partial charge in [0.05, 0.1) is 17.1 Å². The second kappa shape index (κ2) is 18.4. The van der Waals surface area contributed by atoms with Crippen LogP contribution in [0.15, 0.2) is 71.7 Å². The van der Waals surface area contributed by atoms with Crippen molar-refractivity contribution in [3.63, 3.8) is 0 Å². The molecule has 8 rings (SSSR count). The number of nitrogens with one attached hydrogen (secondary N) is 3. The molecular formula is C49H60FN11O3. The molecule has 5 heterocycles. The third-order valence-corrected chi connectivity index (χ3v) is 13.0. The number of fused-ring (bicyclic) bond motifs is 3. The van der Waals surface area contributed by atoms with Gasteiger partial charge < -0.3 is 34.8 Å². The van der Waals surface area contributed by atoms with Gasteiger partial charge in [-0.15, -0.1) is 0 Å². The number of halogens is 1. The topological polar surface area (TPSA) is 152 Å². The Labute approximate surface area is 374 Å². The smallest absolute Gasteiger partial charge is 0.293 e.